The maximum absolute atomic E-state index is 14.5. The minimum atomic E-state index is -0.662. The largest absolute Gasteiger partial charge is 0.342 e. The summed E-state index contributed by atoms with van der Waals surface area (Å²) in [6, 6.07) is 42.6. The molecule has 0 spiro atoms. The van der Waals surface area contributed by atoms with E-state index in [0.717, 1.165) is 12.3 Å². The average Bonchev–Trinajstić information content (AvgIpc) is 3.08. The van der Waals surface area contributed by atoms with Crippen molar-refractivity contribution in [1.82, 2.24) is 4.90 Å². The van der Waals surface area contributed by atoms with Gasteiger partial charge in [-0.25, -0.2) is 0 Å². The van der Waals surface area contributed by atoms with E-state index in [-0.39, 0.29) is 35.2 Å². The molecule has 1 aliphatic rings. The van der Waals surface area contributed by atoms with E-state index in [1.807, 2.05) is 0 Å². The van der Waals surface area contributed by atoms with Crippen molar-refractivity contribution in [3.8, 4) is 0 Å². The van der Waals surface area contributed by atoms with Crippen molar-refractivity contribution in [3.63, 3.8) is 0 Å². The summed E-state index contributed by atoms with van der Waals surface area (Å²) >= 11 is 0. The lowest BCUT2D eigenvalue weighted by Crippen LogP contribution is -2.44. The normalized spacial score (nSPS) is 18.1. The second-order valence-electron chi connectivity index (χ2n) is 11.9. The number of hydrogen-bond donors (Lipinski definition) is 0. The highest BCUT2D eigenvalue weighted by Gasteiger charge is 2.39. The lowest BCUT2D eigenvalue weighted by atomic mass is 9.70. The van der Waals surface area contributed by atoms with Crippen LogP contribution in [0.4, 0.5) is 0 Å². The van der Waals surface area contributed by atoms with Gasteiger partial charge in [0, 0.05) is 30.8 Å². The van der Waals surface area contributed by atoms with Crippen LogP contribution < -0.4 is 21.2 Å². The van der Waals surface area contributed by atoms with E-state index in [2.05, 4.69) is 126 Å². The number of hydrogen-bond acceptors (Lipinski definition) is 3. The van der Waals surface area contributed by atoms with Crippen LogP contribution in [0, 0.1) is 17.8 Å². The first kappa shape index (κ1) is 32.9. The molecule has 232 valence electrons. The number of Topliss-reactive ketones (excluding diaryl/α,β-unsaturated/α-hetero) is 2. The van der Waals surface area contributed by atoms with Crippen molar-refractivity contribution >= 4 is 54.5 Å². The fraction of sp³-hybridized carbons (Fsp3) is 0.308. The third kappa shape index (κ3) is 8.63. The van der Waals surface area contributed by atoms with Crippen molar-refractivity contribution in [2.75, 3.05) is 25.4 Å². The molecule has 1 saturated carbocycles. The SMILES string of the molecule is CC(=O)C1CCC(C(=O)N(CCP(c2ccccc2)c2ccccc2)CCP(c2ccccc2)c2ccccc2)CC1C(C)=O. The molecule has 1 aliphatic carbocycles. The van der Waals surface area contributed by atoms with Crippen LogP contribution >= 0.6 is 15.8 Å². The van der Waals surface area contributed by atoms with E-state index in [9.17, 15) is 14.4 Å². The van der Waals surface area contributed by atoms with Gasteiger partial charge in [0.1, 0.15) is 11.6 Å². The zero-order valence-electron chi connectivity index (χ0n) is 26.3. The Balaban J connectivity index is 1.42. The Bertz CT molecular complexity index is 1370. The Kier molecular flexibility index (Phi) is 11.9. The summed E-state index contributed by atoms with van der Waals surface area (Å²) < 4.78 is 0. The van der Waals surface area contributed by atoms with E-state index in [1.165, 1.54) is 21.2 Å². The van der Waals surface area contributed by atoms with Gasteiger partial charge in [0.2, 0.25) is 5.91 Å². The Morgan fingerprint density at radius 1 is 0.556 bits per heavy atom. The van der Waals surface area contributed by atoms with Gasteiger partial charge in [-0.3, -0.25) is 14.4 Å². The number of amides is 1. The van der Waals surface area contributed by atoms with Crippen LogP contribution in [-0.2, 0) is 14.4 Å². The standard InChI is InChI=1S/C39H43NO3P2/c1-30(41)37-24-23-32(29-38(37)31(2)42)39(43)40(25-27-44(33-15-7-3-8-16-33)34-17-9-4-10-18-34)26-28-45(35-19-11-5-12-20-35)36-21-13-6-14-22-36/h3-22,32,37-38H,23-29H2,1-2H3. The lowest BCUT2D eigenvalue weighted by molar-refractivity contribution is -0.141. The molecular weight excluding hydrogens is 592 g/mol. The van der Waals surface area contributed by atoms with Gasteiger partial charge in [-0.15, -0.1) is 0 Å². The molecule has 0 heterocycles. The van der Waals surface area contributed by atoms with E-state index in [4.69, 9.17) is 0 Å². The minimum absolute atomic E-state index is 0.0209. The summed E-state index contributed by atoms with van der Waals surface area (Å²) in [6.07, 6.45) is 3.45. The van der Waals surface area contributed by atoms with Gasteiger partial charge in [0.05, 0.1) is 0 Å². The van der Waals surface area contributed by atoms with Crippen molar-refractivity contribution in [2.24, 2.45) is 17.8 Å². The number of rotatable bonds is 13. The van der Waals surface area contributed by atoms with Crippen LogP contribution in [0.3, 0.4) is 0 Å². The van der Waals surface area contributed by atoms with Gasteiger partial charge in [-0.05, 0) is 82.5 Å². The molecule has 6 heteroatoms. The van der Waals surface area contributed by atoms with Crippen molar-refractivity contribution < 1.29 is 14.4 Å². The fourth-order valence-corrected chi connectivity index (χ4v) is 11.2. The predicted octanol–water partition coefficient (Wildman–Crippen LogP) is 6.29. The third-order valence-electron chi connectivity index (χ3n) is 9.01. The smallest absolute Gasteiger partial charge is 0.225 e. The van der Waals surface area contributed by atoms with Gasteiger partial charge in [0.25, 0.3) is 0 Å². The first-order valence-electron chi connectivity index (χ1n) is 16.0. The van der Waals surface area contributed by atoms with Crippen LogP contribution in [0.2, 0.25) is 0 Å². The molecule has 5 rings (SSSR count). The monoisotopic (exact) mass is 635 g/mol. The highest BCUT2D eigenvalue weighted by atomic mass is 31.1. The molecule has 4 aromatic carbocycles. The number of carbonyl (C=O) groups excluding carboxylic acids is 3. The Morgan fingerprint density at radius 3 is 1.24 bits per heavy atom. The highest BCUT2D eigenvalue weighted by molar-refractivity contribution is 7.73. The van der Waals surface area contributed by atoms with Crippen LogP contribution in [0.5, 0.6) is 0 Å². The second-order valence-corrected chi connectivity index (χ2v) is 16.6. The van der Waals surface area contributed by atoms with Crippen LogP contribution in [-0.4, -0.2) is 47.8 Å². The Labute approximate surface area is 270 Å². The maximum Gasteiger partial charge on any atom is 0.225 e. The topological polar surface area (TPSA) is 54.5 Å². The van der Waals surface area contributed by atoms with Gasteiger partial charge < -0.3 is 4.90 Å². The van der Waals surface area contributed by atoms with Gasteiger partial charge in [-0.2, -0.15) is 0 Å². The molecule has 1 fully saturated rings. The number of benzene rings is 4. The molecule has 4 nitrogen and oxygen atoms in total. The van der Waals surface area contributed by atoms with E-state index in [0.29, 0.717) is 32.4 Å². The number of ketones is 2. The first-order chi connectivity index (χ1) is 21.9. The Morgan fingerprint density at radius 2 is 0.911 bits per heavy atom. The van der Waals surface area contributed by atoms with Gasteiger partial charge in [0.15, 0.2) is 0 Å². The van der Waals surface area contributed by atoms with Crippen molar-refractivity contribution in [2.45, 2.75) is 33.1 Å². The van der Waals surface area contributed by atoms with Crippen LogP contribution in [0.25, 0.3) is 0 Å². The average molecular weight is 636 g/mol. The summed E-state index contributed by atoms with van der Waals surface area (Å²) in [6.45, 7) is 4.46. The molecule has 0 radical (unpaired) electrons. The van der Waals surface area contributed by atoms with E-state index >= 15 is 0 Å². The van der Waals surface area contributed by atoms with Crippen molar-refractivity contribution in [1.29, 1.82) is 0 Å². The lowest BCUT2D eigenvalue weighted by Gasteiger charge is -2.36. The van der Waals surface area contributed by atoms with Crippen molar-refractivity contribution in [3.05, 3.63) is 121 Å². The van der Waals surface area contributed by atoms with Crippen LogP contribution in [0.15, 0.2) is 121 Å². The van der Waals surface area contributed by atoms with Gasteiger partial charge in [-0.1, -0.05) is 121 Å². The van der Waals surface area contributed by atoms with E-state index in [1.54, 1.807) is 13.8 Å². The summed E-state index contributed by atoms with van der Waals surface area (Å²) in [4.78, 5) is 41.6. The van der Waals surface area contributed by atoms with E-state index < -0.39 is 15.8 Å². The second kappa shape index (κ2) is 16.2. The maximum atomic E-state index is 14.5. The molecule has 0 aliphatic heterocycles. The van der Waals surface area contributed by atoms with Crippen LogP contribution in [0.1, 0.15) is 33.1 Å². The predicted molar refractivity (Wildman–Crippen MR) is 190 cm³/mol. The quantitative estimate of drug-likeness (QED) is 0.162. The third-order valence-corrected chi connectivity index (χ3v) is 14.0. The summed E-state index contributed by atoms with van der Waals surface area (Å²) in [5, 5.41) is 5.22. The zero-order valence-corrected chi connectivity index (χ0v) is 28.1. The molecular formula is C39H43NO3P2. The molecule has 0 aromatic heterocycles. The summed E-state index contributed by atoms with van der Waals surface area (Å²) in [5.41, 5.74) is 0. The zero-order chi connectivity index (χ0) is 31.6. The molecule has 0 bridgehead atoms. The summed E-state index contributed by atoms with van der Waals surface area (Å²) in [7, 11) is -1.32. The molecule has 45 heavy (non-hydrogen) atoms. The highest BCUT2D eigenvalue weighted by Crippen LogP contribution is 2.39. The molecule has 0 saturated heterocycles. The fourth-order valence-electron chi connectivity index (χ4n) is 6.61. The minimum Gasteiger partial charge on any atom is -0.342 e. The summed E-state index contributed by atoms with van der Waals surface area (Å²) in [5.74, 6) is -0.667. The molecule has 3 atom stereocenters. The molecule has 4 aromatic rings. The number of nitrogens with zero attached hydrogens (tertiary/aromatic N) is 1. The molecule has 3 unspecified atom stereocenters. The first-order valence-corrected chi connectivity index (χ1v) is 19.0. The molecule has 0 N–H and O–H groups in total. The van der Waals surface area contributed by atoms with Gasteiger partial charge >= 0.3 is 0 Å². The molecule has 1 amide bonds. The Hall–Kier alpha value is -3.45. The number of carbonyl (C=O) groups is 3.